The van der Waals surface area contributed by atoms with Gasteiger partial charge in [-0.15, -0.1) is 0 Å². The lowest BCUT2D eigenvalue weighted by Crippen LogP contribution is -2.39. The minimum atomic E-state index is 0.0220. The van der Waals surface area contributed by atoms with Gasteiger partial charge in [0, 0.05) is 26.0 Å². The summed E-state index contributed by atoms with van der Waals surface area (Å²) in [5.74, 6) is 0.122. The van der Waals surface area contributed by atoms with Gasteiger partial charge in [0.05, 0.1) is 6.04 Å². The lowest BCUT2D eigenvalue weighted by molar-refractivity contribution is -0.122. The fourth-order valence-corrected chi connectivity index (χ4v) is 1.89. The summed E-state index contributed by atoms with van der Waals surface area (Å²) in [6, 6.07) is 2.04. The molecule has 1 saturated heterocycles. The second kappa shape index (κ2) is 4.49. The van der Waals surface area contributed by atoms with E-state index in [-0.39, 0.29) is 11.9 Å². The van der Waals surface area contributed by atoms with Crippen LogP contribution in [-0.2, 0) is 18.4 Å². The number of hydrogen-bond donors (Lipinski definition) is 2. The van der Waals surface area contributed by atoms with Crippen LogP contribution in [0.25, 0.3) is 0 Å². The number of carbonyl (C=O) groups is 1. The normalized spacial score (nSPS) is 20.5. The van der Waals surface area contributed by atoms with Crippen molar-refractivity contribution in [1.82, 2.24) is 15.2 Å². The predicted molar refractivity (Wildman–Crippen MR) is 58.3 cm³/mol. The molecule has 1 aromatic heterocycles. The van der Waals surface area contributed by atoms with Gasteiger partial charge in [-0.1, -0.05) is 0 Å². The first-order chi connectivity index (χ1) is 7.25. The standard InChI is InChI=1S/C11H17N3O/c1-14-6-4-9(8-14)7-13-11(15)10-3-2-5-12-10/h4,6,8,10,12H,2-3,5,7H2,1H3,(H,13,15). The molecule has 82 valence electrons. The van der Waals surface area contributed by atoms with Crippen LogP contribution >= 0.6 is 0 Å². The van der Waals surface area contributed by atoms with Crippen molar-refractivity contribution < 1.29 is 4.79 Å². The quantitative estimate of drug-likeness (QED) is 0.753. The molecule has 1 aromatic rings. The Morgan fingerprint density at radius 1 is 1.73 bits per heavy atom. The Morgan fingerprint density at radius 2 is 2.60 bits per heavy atom. The number of hydrogen-bond acceptors (Lipinski definition) is 2. The highest BCUT2D eigenvalue weighted by Gasteiger charge is 2.21. The molecule has 1 atom stereocenters. The van der Waals surface area contributed by atoms with E-state index in [2.05, 4.69) is 10.6 Å². The maximum Gasteiger partial charge on any atom is 0.237 e. The summed E-state index contributed by atoms with van der Waals surface area (Å²) < 4.78 is 1.98. The van der Waals surface area contributed by atoms with Gasteiger partial charge in [-0.3, -0.25) is 4.79 Å². The molecule has 0 spiro atoms. The van der Waals surface area contributed by atoms with Gasteiger partial charge < -0.3 is 15.2 Å². The molecule has 0 aliphatic carbocycles. The summed E-state index contributed by atoms with van der Waals surface area (Å²) in [7, 11) is 1.98. The number of nitrogens with one attached hydrogen (secondary N) is 2. The van der Waals surface area contributed by atoms with Gasteiger partial charge in [0.1, 0.15) is 0 Å². The Hall–Kier alpha value is -1.29. The summed E-state index contributed by atoms with van der Waals surface area (Å²) in [5, 5.41) is 6.12. The van der Waals surface area contributed by atoms with Crippen molar-refractivity contribution in [3.63, 3.8) is 0 Å². The highest BCUT2D eigenvalue weighted by atomic mass is 16.2. The maximum atomic E-state index is 11.6. The number of amides is 1. The minimum Gasteiger partial charge on any atom is -0.357 e. The Kier molecular flexibility index (Phi) is 3.06. The molecule has 1 amide bonds. The van der Waals surface area contributed by atoms with Crippen molar-refractivity contribution >= 4 is 5.91 Å². The zero-order valence-corrected chi connectivity index (χ0v) is 8.99. The average molecular weight is 207 g/mol. The van der Waals surface area contributed by atoms with Gasteiger partial charge >= 0.3 is 0 Å². The van der Waals surface area contributed by atoms with E-state index >= 15 is 0 Å². The van der Waals surface area contributed by atoms with E-state index in [0.717, 1.165) is 24.9 Å². The van der Waals surface area contributed by atoms with Crippen LogP contribution in [-0.4, -0.2) is 23.1 Å². The number of carbonyl (C=O) groups excluding carboxylic acids is 1. The van der Waals surface area contributed by atoms with Gasteiger partial charge in [0.15, 0.2) is 0 Å². The van der Waals surface area contributed by atoms with Crippen molar-refractivity contribution in [3.05, 3.63) is 24.0 Å². The molecular formula is C11H17N3O. The zero-order chi connectivity index (χ0) is 10.7. The fourth-order valence-electron chi connectivity index (χ4n) is 1.89. The first kappa shape index (κ1) is 10.2. The van der Waals surface area contributed by atoms with Crippen LogP contribution in [0.3, 0.4) is 0 Å². The molecule has 0 bridgehead atoms. The molecule has 15 heavy (non-hydrogen) atoms. The van der Waals surface area contributed by atoms with Gasteiger partial charge in [-0.25, -0.2) is 0 Å². The molecular weight excluding hydrogens is 190 g/mol. The highest BCUT2D eigenvalue weighted by Crippen LogP contribution is 2.05. The summed E-state index contributed by atoms with van der Waals surface area (Å²) in [6.07, 6.45) is 6.06. The summed E-state index contributed by atoms with van der Waals surface area (Å²) in [6.45, 7) is 1.58. The second-order valence-corrected chi connectivity index (χ2v) is 4.05. The smallest absolute Gasteiger partial charge is 0.237 e. The Morgan fingerprint density at radius 3 is 3.20 bits per heavy atom. The molecule has 0 saturated carbocycles. The summed E-state index contributed by atoms with van der Waals surface area (Å²) in [5.41, 5.74) is 1.14. The predicted octanol–water partition coefficient (Wildman–Crippen LogP) is 0.393. The van der Waals surface area contributed by atoms with E-state index in [4.69, 9.17) is 0 Å². The van der Waals surface area contributed by atoms with Gasteiger partial charge in [-0.05, 0) is 31.0 Å². The molecule has 0 radical (unpaired) electrons. The lowest BCUT2D eigenvalue weighted by atomic mass is 10.2. The van der Waals surface area contributed by atoms with Crippen LogP contribution in [0.1, 0.15) is 18.4 Å². The second-order valence-electron chi connectivity index (χ2n) is 4.05. The fraction of sp³-hybridized carbons (Fsp3) is 0.545. The topological polar surface area (TPSA) is 46.1 Å². The highest BCUT2D eigenvalue weighted by molar-refractivity contribution is 5.81. The number of nitrogens with zero attached hydrogens (tertiary/aromatic N) is 1. The average Bonchev–Trinajstić information content (AvgIpc) is 2.84. The van der Waals surface area contributed by atoms with E-state index in [1.807, 2.05) is 30.1 Å². The van der Waals surface area contributed by atoms with Gasteiger partial charge in [0.25, 0.3) is 0 Å². The zero-order valence-electron chi connectivity index (χ0n) is 8.99. The van der Waals surface area contributed by atoms with Crippen molar-refractivity contribution in [1.29, 1.82) is 0 Å². The first-order valence-electron chi connectivity index (χ1n) is 5.37. The van der Waals surface area contributed by atoms with E-state index in [1.165, 1.54) is 0 Å². The molecule has 1 fully saturated rings. The molecule has 1 aliphatic heterocycles. The summed E-state index contributed by atoms with van der Waals surface area (Å²) in [4.78, 5) is 11.6. The van der Waals surface area contributed by atoms with Crippen LogP contribution < -0.4 is 10.6 Å². The third kappa shape index (κ3) is 2.59. The van der Waals surface area contributed by atoms with Crippen molar-refractivity contribution in [2.24, 2.45) is 7.05 Å². The van der Waals surface area contributed by atoms with Crippen molar-refractivity contribution in [2.45, 2.75) is 25.4 Å². The number of rotatable bonds is 3. The van der Waals surface area contributed by atoms with Crippen molar-refractivity contribution in [3.8, 4) is 0 Å². The molecule has 4 heteroatoms. The molecule has 0 aromatic carbocycles. The van der Waals surface area contributed by atoms with Crippen LogP contribution in [0, 0.1) is 0 Å². The first-order valence-corrected chi connectivity index (χ1v) is 5.37. The molecule has 2 rings (SSSR count). The molecule has 4 nitrogen and oxygen atoms in total. The maximum absolute atomic E-state index is 11.6. The van der Waals surface area contributed by atoms with E-state index < -0.39 is 0 Å². The monoisotopic (exact) mass is 207 g/mol. The Balaban J connectivity index is 1.80. The SMILES string of the molecule is Cn1ccc(CNC(=O)C2CCCN2)c1. The largest absolute Gasteiger partial charge is 0.357 e. The van der Waals surface area contributed by atoms with Crippen LogP contribution in [0.2, 0.25) is 0 Å². The minimum absolute atomic E-state index is 0.0220. The summed E-state index contributed by atoms with van der Waals surface area (Å²) >= 11 is 0. The molecule has 2 N–H and O–H groups in total. The van der Waals surface area contributed by atoms with Crippen molar-refractivity contribution in [2.75, 3.05) is 6.54 Å². The van der Waals surface area contributed by atoms with E-state index in [0.29, 0.717) is 6.54 Å². The van der Waals surface area contributed by atoms with E-state index in [1.54, 1.807) is 0 Å². The third-order valence-electron chi connectivity index (χ3n) is 2.74. The number of aryl methyl sites for hydroxylation is 1. The van der Waals surface area contributed by atoms with Crippen LogP contribution in [0.4, 0.5) is 0 Å². The van der Waals surface area contributed by atoms with Crippen LogP contribution in [0.5, 0.6) is 0 Å². The Bertz CT molecular complexity index is 339. The number of aromatic nitrogens is 1. The van der Waals surface area contributed by atoms with Crippen LogP contribution in [0.15, 0.2) is 18.5 Å². The molecule has 1 aliphatic rings. The molecule has 2 heterocycles. The van der Waals surface area contributed by atoms with E-state index in [9.17, 15) is 4.79 Å². The third-order valence-corrected chi connectivity index (χ3v) is 2.74. The molecule has 1 unspecified atom stereocenters. The lowest BCUT2D eigenvalue weighted by Gasteiger charge is -2.09. The van der Waals surface area contributed by atoms with Gasteiger partial charge in [0.2, 0.25) is 5.91 Å². The van der Waals surface area contributed by atoms with Gasteiger partial charge in [-0.2, -0.15) is 0 Å². The Labute approximate surface area is 89.7 Å².